The van der Waals surface area contributed by atoms with Crippen molar-refractivity contribution in [3.05, 3.63) is 42.0 Å². The van der Waals surface area contributed by atoms with Crippen LogP contribution in [0.1, 0.15) is 23.2 Å². The molecule has 1 aromatic carbocycles. The molecule has 0 unspecified atom stereocenters. The van der Waals surface area contributed by atoms with E-state index in [1.165, 1.54) is 0 Å². The lowest BCUT2D eigenvalue weighted by Gasteiger charge is -2.00. The number of aliphatic imine (C=N–C) groups is 1. The van der Waals surface area contributed by atoms with Gasteiger partial charge in [-0.1, -0.05) is 18.2 Å². The van der Waals surface area contributed by atoms with Gasteiger partial charge in [-0.05, 0) is 31.1 Å². The zero-order valence-corrected chi connectivity index (χ0v) is 8.18. The van der Waals surface area contributed by atoms with Crippen LogP contribution < -0.4 is 0 Å². The molecule has 0 fully saturated rings. The number of nitrogens with zero attached hydrogens (tertiary/aromatic N) is 1. The molecule has 0 atom stereocenters. The second-order valence-corrected chi connectivity index (χ2v) is 3.37. The van der Waals surface area contributed by atoms with E-state index in [-0.39, 0.29) is 5.56 Å². The molecule has 2 rings (SSSR count). The summed E-state index contributed by atoms with van der Waals surface area (Å²) in [4.78, 5) is 15.2. The van der Waals surface area contributed by atoms with Crippen LogP contribution >= 0.6 is 0 Å². The molecule has 0 saturated carbocycles. The van der Waals surface area contributed by atoms with Gasteiger partial charge < -0.3 is 5.11 Å². The van der Waals surface area contributed by atoms with Gasteiger partial charge in [-0.2, -0.15) is 0 Å². The first-order valence-corrected chi connectivity index (χ1v) is 4.84. The van der Waals surface area contributed by atoms with E-state index >= 15 is 0 Å². The van der Waals surface area contributed by atoms with Crippen molar-refractivity contribution in [3.63, 3.8) is 0 Å². The quantitative estimate of drug-likeness (QED) is 0.799. The zero-order valence-electron chi connectivity index (χ0n) is 8.18. The third-order valence-electron chi connectivity index (χ3n) is 2.28. The number of allylic oxidation sites excluding steroid dienone is 2. The van der Waals surface area contributed by atoms with Crippen molar-refractivity contribution in [2.24, 2.45) is 4.99 Å². The van der Waals surface area contributed by atoms with Crippen LogP contribution in [-0.2, 0) is 0 Å². The van der Waals surface area contributed by atoms with Gasteiger partial charge in [0.15, 0.2) is 0 Å². The molecule has 0 aliphatic heterocycles. The van der Waals surface area contributed by atoms with Gasteiger partial charge in [-0.15, -0.1) is 0 Å². The normalized spacial score (nSPS) is 17.2. The molecule has 0 amide bonds. The van der Waals surface area contributed by atoms with Gasteiger partial charge in [0.25, 0.3) is 0 Å². The smallest absolute Gasteiger partial charge is 0.337 e. The predicted octanol–water partition coefficient (Wildman–Crippen LogP) is 2.81. The SMILES string of the molecule is O=C(O)c1ccccc1N=C1C=CCC1. The summed E-state index contributed by atoms with van der Waals surface area (Å²) in [5.74, 6) is -0.933. The van der Waals surface area contributed by atoms with Crippen molar-refractivity contribution in [2.75, 3.05) is 0 Å². The van der Waals surface area contributed by atoms with E-state index in [0.717, 1.165) is 18.6 Å². The molecule has 3 heteroatoms. The summed E-state index contributed by atoms with van der Waals surface area (Å²) >= 11 is 0. The van der Waals surface area contributed by atoms with Gasteiger partial charge in [-0.3, -0.25) is 4.99 Å². The largest absolute Gasteiger partial charge is 0.478 e. The average molecular weight is 201 g/mol. The Morgan fingerprint density at radius 3 is 2.80 bits per heavy atom. The first-order chi connectivity index (χ1) is 7.27. The zero-order chi connectivity index (χ0) is 10.7. The lowest BCUT2D eigenvalue weighted by molar-refractivity contribution is 0.0698. The number of benzene rings is 1. The number of carbonyl (C=O) groups is 1. The number of aromatic carboxylic acids is 1. The van der Waals surface area contributed by atoms with Gasteiger partial charge in [0.05, 0.1) is 11.3 Å². The Morgan fingerprint density at radius 2 is 2.13 bits per heavy atom. The molecular formula is C12H11NO2. The third-order valence-corrected chi connectivity index (χ3v) is 2.28. The maximum atomic E-state index is 10.9. The van der Waals surface area contributed by atoms with Crippen molar-refractivity contribution in [2.45, 2.75) is 12.8 Å². The summed E-state index contributed by atoms with van der Waals surface area (Å²) in [6, 6.07) is 6.80. The maximum Gasteiger partial charge on any atom is 0.337 e. The van der Waals surface area contributed by atoms with E-state index in [9.17, 15) is 4.79 Å². The summed E-state index contributed by atoms with van der Waals surface area (Å²) in [6.07, 6.45) is 5.88. The van der Waals surface area contributed by atoms with Crippen molar-refractivity contribution in [3.8, 4) is 0 Å². The Balaban J connectivity index is 2.39. The first-order valence-electron chi connectivity index (χ1n) is 4.84. The standard InChI is InChI=1S/C12H11NO2/c14-12(15)10-7-3-4-8-11(10)13-9-5-1-2-6-9/h1,3-5,7-8H,2,6H2,(H,14,15). The minimum absolute atomic E-state index is 0.255. The Bertz CT molecular complexity index is 447. The van der Waals surface area contributed by atoms with Crippen LogP contribution in [0.2, 0.25) is 0 Å². The first kappa shape index (κ1) is 9.65. The Kier molecular flexibility index (Phi) is 2.63. The molecule has 3 nitrogen and oxygen atoms in total. The summed E-state index contributed by atoms with van der Waals surface area (Å²) in [6.45, 7) is 0. The fraction of sp³-hybridized carbons (Fsp3) is 0.167. The van der Waals surface area contributed by atoms with Crippen LogP contribution in [0, 0.1) is 0 Å². The Morgan fingerprint density at radius 1 is 1.33 bits per heavy atom. The molecule has 0 radical (unpaired) electrons. The molecule has 0 heterocycles. The van der Waals surface area contributed by atoms with Gasteiger partial charge in [-0.25, -0.2) is 4.79 Å². The van der Waals surface area contributed by atoms with Crippen LogP contribution in [0.4, 0.5) is 5.69 Å². The average Bonchev–Trinajstić information content (AvgIpc) is 2.71. The molecule has 0 bridgehead atoms. The van der Waals surface area contributed by atoms with Crippen LogP contribution in [0.5, 0.6) is 0 Å². The van der Waals surface area contributed by atoms with Crippen molar-refractivity contribution in [1.82, 2.24) is 0 Å². The highest BCUT2D eigenvalue weighted by Gasteiger charge is 2.09. The second-order valence-electron chi connectivity index (χ2n) is 3.37. The van der Waals surface area contributed by atoms with E-state index < -0.39 is 5.97 Å². The molecule has 15 heavy (non-hydrogen) atoms. The molecule has 0 aromatic heterocycles. The Hall–Kier alpha value is -1.90. The minimum atomic E-state index is -0.933. The van der Waals surface area contributed by atoms with E-state index in [2.05, 4.69) is 4.99 Å². The number of hydrogen-bond donors (Lipinski definition) is 1. The number of carboxylic acids is 1. The van der Waals surface area contributed by atoms with E-state index in [1.807, 2.05) is 12.2 Å². The lowest BCUT2D eigenvalue weighted by atomic mass is 10.2. The molecule has 1 aliphatic rings. The molecule has 1 aromatic rings. The Labute approximate surface area is 87.8 Å². The van der Waals surface area contributed by atoms with Crippen molar-refractivity contribution in [1.29, 1.82) is 0 Å². The molecule has 1 N–H and O–H groups in total. The van der Waals surface area contributed by atoms with Gasteiger partial charge >= 0.3 is 5.97 Å². The summed E-state index contributed by atoms with van der Waals surface area (Å²) < 4.78 is 0. The van der Waals surface area contributed by atoms with E-state index in [1.54, 1.807) is 24.3 Å². The predicted molar refractivity (Wildman–Crippen MR) is 58.9 cm³/mol. The number of rotatable bonds is 2. The fourth-order valence-corrected chi connectivity index (χ4v) is 1.53. The maximum absolute atomic E-state index is 10.9. The summed E-state index contributed by atoms with van der Waals surface area (Å²) in [7, 11) is 0. The fourth-order valence-electron chi connectivity index (χ4n) is 1.53. The molecule has 0 spiro atoms. The highest BCUT2D eigenvalue weighted by Crippen LogP contribution is 2.21. The van der Waals surface area contributed by atoms with Gasteiger partial charge in [0, 0.05) is 5.71 Å². The van der Waals surface area contributed by atoms with E-state index in [0.29, 0.717) is 5.69 Å². The third kappa shape index (κ3) is 2.13. The second kappa shape index (κ2) is 4.09. The van der Waals surface area contributed by atoms with Crippen molar-refractivity contribution < 1.29 is 9.90 Å². The highest BCUT2D eigenvalue weighted by atomic mass is 16.4. The van der Waals surface area contributed by atoms with Crippen molar-refractivity contribution >= 4 is 17.4 Å². The monoisotopic (exact) mass is 201 g/mol. The van der Waals surface area contributed by atoms with Crippen LogP contribution in [0.15, 0.2) is 41.4 Å². The topological polar surface area (TPSA) is 49.7 Å². The summed E-state index contributed by atoms with van der Waals surface area (Å²) in [5, 5.41) is 8.95. The molecular weight excluding hydrogens is 190 g/mol. The molecule has 76 valence electrons. The van der Waals surface area contributed by atoms with Gasteiger partial charge in [0.2, 0.25) is 0 Å². The number of para-hydroxylation sites is 1. The minimum Gasteiger partial charge on any atom is -0.478 e. The van der Waals surface area contributed by atoms with Crippen LogP contribution in [-0.4, -0.2) is 16.8 Å². The number of carboxylic acid groups (broad SMARTS) is 1. The lowest BCUT2D eigenvalue weighted by Crippen LogP contribution is -1.97. The number of hydrogen-bond acceptors (Lipinski definition) is 2. The van der Waals surface area contributed by atoms with Crippen LogP contribution in [0.25, 0.3) is 0 Å². The van der Waals surface area contributed by atoms with Crippen LogP contribution in [0.3, 0.4) is 0 Å². The highest BCUT2D eigenvalue weighted by molar-refractivity contribution is 6.01. The molecule has 1 aliphatic carbocycles. The summed E-state index contributed by atoms with van der Waals surface area (Å²) in [5.41, 5.74) is 1.74. The van der Waals surface area contributed by atoms with Gasteiger partial charge in [0.1, 0.15) is 0 Å². The van der Waals surface area contributed by atoms with E-state index in [4.69, 9.17) is 5.11 Å². The molecule has 0 saturated heterocycles.